The molecule has 0 aromatic carbocycles. The predicted molar refractivity (Wildman–Crippen MR) is 279 cm³/mol. The fourth-order valence-corrected chi connectivity index (χ4v) is 6.73. The second kappa shape index (κ2) is 52.4. The van der Waals surface area contributed by atoms with Crippen LogP contribution in [0.4, 0.5) is 0 Å². The van der Waals surface area contributed by atoms with E-state index in [0.29, 0.717) is 19.3 Å². The molecule has 0 aliphatic rings. The van der Waals surface area contributed by atoms with E-state index < -0.39 is 6.10 Å². The van der Waals surface area contributed by atoms with Gasteiger partial charge in [-0.15, -0.1) is 0 Å². The molecule has 1 atom stereocenters. The smallest absolute Gasteiger partial charge is 0.306 e. The quantitative estimate of drug-likeness (QED) is 0.0199. The van der Waals surface area contributed by atoms with Crippen molar-refractivity contribution in [2.45, 2.75) is 219 Å². The van der Waals surface area contributed by atoms with Crippen LogP contribution < -0.4 is 0 Å². The zero-order chi connectivity index (χ0) is 47.2. The van der Waals surface area contributed by atoms with Gasteiger partial charge in [-0.05, 0) is 89.9 Å². The van der Waals surface area contributed by atoms with Crippen molar-refractivity contribution in [2.24, 2.45) is 0 Å². The third-order valence-electron chi connectivity index (χ3n) is 10.6. The second-order valence-electron chi connectivity index (χ2n) is 16.8. The summed E-state index contributed by atoms with van der Waals surface area (Å²) < 4.78 is 16.8. The minimum atomic E-state index is -0.812. The molecule has 366 valence electrons. The van der Waals surface area contributed by atoms with E-state index in [9.17, 15) is 14.4 Å². The molecule has 0 fully saturated rings. The largest absolute Gasteiger partial charge is 0.462 e. The number of hydrogen-bond acceptors (Lipinski definition) is 6. The third kappa shape index (κ3) is 50.7. The SMILES string of the molecule is CC\C=C/C=C\C=C/C=C\C=C/CCCCCC(=O)OC(COC(=O)CCCCCCCCC\C=C/C=C\C=C/CC)COC(=O)CCCCCCCCC/C=C\C/C=C\CCCCC. The monoisotopic (exact) mass is 899 g/mol. The van der Waals surface area contributed by atoms with Gasteiger partial charge in [0.1, 0.15) is 13.2 Å². The van der Waals surface area contributed by atoms with Crippen LogP contribution in [0.25, 0.3) is 0 Å². The van der Waals surface area contributed by atoms with Crippen molar-refractivity contribution in [1.82, 2.24) is 0 Å². The molecule has 6 nitrogen and oxygen atoms in total. The van der Waals surface area contributed by atoms with Gasteiger partial charge >= 0.3 is 17.9 Å². The summed E-state index contributed by atoms with van der Waals surface area (Å²) in [6.07, 6.45) is 71.7. The highest BCUT2D eigenvalue weighted by Gasteiger charge is 2.19. The fraction of sp³-hybridized carbons (Fsp3) is 0.610. The highest BCUT2D eigenvalue weighted by Crippen LogP contribution is 2.14. The maximum Gasteiger partial charge on any atom is 0.306 e. The van der Waals surface area contributed by atoms with Gasteiger partial charge in [-0.1, -0.05) is 226 Å². The molecular formula is C59H94O6. The Morgan fingerprint density at radius 1 is 0.338 bits per heavy atom. The first kappa shape index (κ1) is 60.8. The molecule has 0 aromatic heterocycles. The van der Waals surface area contributed by atoms with E-state index in [-0.39, 0.29) is 37.5 Å². The van der Waals surface area contributed by atoms with E-state index in [2.05, 4.69) is 93.7 Å². The third-order valence-corrected chi connectivity index (χ3v) is 10.6. The summed E-state index contributed by atoms with van der Waals surface area (Å²) >= 11 is 0. The predicted octanol–water partition coefficient (Wildman–Crippen LogP) is 17.3. The van der Waals surface area contributed by atoms with E-state index in [1.807, 2.05) is 48.6 Å². The van der Waals surface area contributed by atoms with Crippen molar-refractivity contribution in [3.05, 3.63) is 122 Å². The average Bonchev–Trinajstić information content (AvgIpc) is 3.30. The lowest BCUT2D eigenvalue weighted by Gasteiger charge is -2.18. The van der Waals surface area contributed by atoms with Gasteiger partial charge in [-0.2, -0.15) is 0 Å². The number of ether oxygens (including phenoxy) is 3. The Bertz CT molecular complexity index is 1400. The number of esters is 3. The van der Waals surface area contributed by atoms with Crippen LogP contribution in [0.5, 0.6) is 0 Å². The van der Waals surface area contributed by atoms with Crippen molar-refractivity contribution < 1.29 is 28.6 Å². The zero-order valence-electron chi connectivity index (χ0n) is 41.7. The number of carbonyl (C=O) groups is 3. The van der Waals surface area contributed by atoms with E-state index in [1.54, 1.807) is 0 Å². The minimum absolute atomic E-state index is 0.107. The second-order valence-corrected chi connectivity index (χ2v) is 16.8. The van der Waals surface area contributed by atoms with Crippen LogP contribution in [-0.4, -0.2) is 37.2 Å². The molecule has 0 aliphatic carbocycles. The summed E-state index contributed by atoms with van der Waals surface area (Å²) in [6, 6.07) is 0. The van der Waals surface area contributed by atoms with E-state index in [4.69, 9.17) is 14.2 Å². The molecule has 65 heavy (non-hydrogen) atoms. The van der Waals surface area contributed by atoms with Crippen LogP contribution in [0.2, 0.25) is 0 Å². The maximum absolute atomic E-state index is 12.8. The first-order chi connectivity index (χ1) is 32.0. The van der Waals surface area contributed by atoms with Gasteiger partial charge in [-0.25, -0.2) is 0 Å². The normalized spacial score (nSPS) is 13.1. The van der Waals surface area contributed by atoms with Crippen LogP contribution in [0.3, 0.4) is 0 Å². The molecule has 0 saturated heterocycles. The van der Waals surface area contributed by atoms with E-state index >= 15 is 0 Å². The molecular weight excluding hydrogens is 805 g/mol. The van der Waals surface area contributed by atoms with Gasteiger partial charge in [0.05, 0.1) is 0 Å². The van der Waals surface area contributed by atoms with Crippen molar-refractivity contribution >= 4 is 17.9 Å². The Labute approximate surface area is 399 Å². The summed E-state index contributed by atoms with van der Waals surface area (Å²) in [5.74, 6) is -0.975. The molecule has 0 heterocycles. The number of allylic oxidation sites excluding steroid dienone is 20. The van der Waals surface area contributed by atoms with Crippen LogP contribution in [-0.2, 0) is 28.6 Å². The van der Waals surface area contributed by atoms with Gasteiger partial charge < -0.3 is 14.2 Å². The fourth-order valence-electron chi connectivity index (χ4n) is 6.73. The summed E-state index contributed by atoms with van der Waals surface area (Å²) in [5.41, 5.74) is 0. The molecule has 0 bridgehead atoms. The zero-order valence-corrected chi connectivity index (χ0v) is 41.7. The van der Waals surface area contributed by atoms with Crippen molar-refractivity contribution in [3.63, 3.8) is 0 Å². The molecule has 0 aromatic rings. The summed E-state index contributed by atoms with van der Waals surface area (Å²) in [5, 5.41) is 0. The molecule has 0 amide bonds. The molecule has 6 heteroatoms. The Morgan fingerprint density at radius 3 is 1.08 bits per heavy atom. The van der Waals surface area contributed by atoms with Gasteiger partial charge in [0.25, 0.3) is 0 Å². The Balaban J connectivity index is 4.51. The lowest BCUT2D eigenvalue weighted by Crippen LogP contribution is -2.30. The van der Waals surface area contributed by atoms with Gasteiger partial charge in [0, 0.05) is 19.3 Å². The van der Waals surface area contributed by atoms with Gasteiger partial charge in [0.2, 0.25) is 0 Å². The van der Waals surface area contributed by atoms with Crippen LogP contribution in [0.1, 0.15) is 213 Å². The highest BCUT2D eigenvalue weighted by atomic mass is 16.6. The van der Waals surface area contributed by atoms with Gasteiger partial charge in [0.15, 0.2) is 6.10 Å². The standard InChI is InChI=1S/C59H94O6/c1-4-7-10-13-16-19-22-25-28-29-32-34-37-40-43-46-49-52-58(61)64-55-56(65-59(62)53-50-47-44-41-38-35-31-27-24-21-18-15-12-9-6-3)54-63-57(60)51-48-45-42-39-36-33-30-26-23-20-17-14-11-8-5-2/h8-9,11-12,14-21,23-25,27-28,31,35,38,56H,4-7,10,13,22,26,29-30,32-34,36-37,39-55H2,1-3H3/b11-8-,12-9-,17-14-,18-15-,19-16-,23-20-,24-21-,28-25-,31-27-,38-35-. The summed E-state index contributed by atoms with van der Waals surface area (Å²) in [4.78, 5) is 38.0. The lowest BCUT2D eigenvalue weighted by molar-refractivity contribution is -0.167. The summed E-state index contributed by atoms with van der Waals surface area (Å²) in [6.45, 7) is 6.27. The maximum atomic E-state index is 12.8. The lowest BCUT2D eigenvalue weighted by atomic mass is 10.1. The Morgan fingerprint density at radius 2 is 0.662 bits per heavy atom. The van der Waals surface area contributed by atoms with Crippen molar-refractivity contribution in [3.8, 4) is 0 Å². The van der Waals surface area contributed by atoms with Gasteiger partial charge in [-0.3, -0.25) is 14.4 Å². The van der Waals surface area contributed by atoms with E-state index in [1.165, 1.54) is 77.0 Å². The first-order valence-electron chi connectivity index (χ1n) is 26.1. The Hall–Kier alpha value is -4.19. The topological polar surface area (TPSA) is 78.9 Å². The molecule has 0 rings (SSSR count). The van der Waals surface area contributed by atoms with E-state index in [0.717, 1.165) is 89.9 Å². The van der Waals surface area contributed by atoms with Crippen LogP contribution >= 0.6 is 0 Å². The Kier molecular flexibility index (Phi) is 49.1. The van der Waals surface area contributed by atoms with Crippen LogP contribution in [0, 0.1) is 0 Å². The number of carbonyl (C=O) groups excluding carboxylic acids is 3. The molecule has 0 aliphatic heterocycles. The molecule has 1 unspecified atom stereocenters. The van der Waals surface area contributed by atoms with Crippen molar-refractivity contribution in [1.29, 1.82) is 0 Å². The number of unbranched alkanes of at least 4 members (excludes halogenated alkanes) is 20. The number of rotatable bonds is 45. The van der Waals surface area contributed by atoms with Crippen LogP contribution in [0.15, 0.2) is 122 Å². The first-order valence-corrected chi connectivity index (χ1v) is 26.1. The van der Waals surface area contributed by atoms with Crippen molar-refractivity contribution in [2.75, 3.05) is 13.2 Å². The number of hydrogen-bond donors (Lipinski definition) is 0. The summed E-state index contributed by atoms with van der Waals surface area (Å²) in [7, 11) is 0. The molecule has 0 saturated carbocycles. The molecule has 0 N–H and O–H groups in total. The average molecular weight is 899 g/mol. The minimum Gasteiger partial charge on any atom is -0.462 e. The highest BCUT2D eigenvalue weighted by molar-refractivity contribution is 5.71. The molecule has 0 radical (unpaired) electrons. The molecule has 0 spiro atoms.